The molecule has 1 heteroatoms. The van der Waals surface area contributed by atoms with E-state index in [2.05, 4.69) is 129 Å². The van der Waals surface area contributed by atoms with Crippen molar-refractivity contribution in [3.63, 3.8) is 0 Å². The smallest absolute Gasteiger partial charge is 0.00262 e. The van der Waals surface area contributed by atoms with Crippen molar-refractivity contribution >= 4 is 37.9 Å². The Morgan fingerprint density at radius 1 is 0.595 bits per heavy atom. The summed E-state index contributed by atoms with van der Waals surface area (Å²) < 4.78 is 0. The van der Waals surface area contributed by atoms with Crippen LogP contribution in [0.15, 0.2) is 128 Å². The van der Waals surface area contributed by atoms with Crippen LogP contribution in [0.4, 0.5) is 0 Å². The Balaban J connectivity index is 1.67. The lowest BCUT2D eigenvalue weighted by Gasteiger charge is -2.18. The highest BCUT2D eigenvalue weighted by molar-refractivity contribution is 6.21. The first kappa shape index (κ1) is 22.8. The monoisotopic (exact) mass is 475 g/mol. The lowest BCUT2D eigenvalue weighted by Crippen LogP contribution is -1.91. The Hall–Kier alpha value is -4.62. The number of hydrogen-bond acceptors (Lipinski definition) is 1. The zero-order valence-electron chi connectivity index (χ0n) is 21.2. The minimum atomic E-state index is 1.18. The normalized spacial score (nSPS) is 12.2. The lowest BCUT2D eigenvalue weighted by molar-refractivity contribution is 1.51. The summed E-state index contributed by atoms with van der Waals surface area (Å²) in [5.74, 6) is 0. The first-order chi connectivity index (χ1) is 18.1. The third kappa shape index (κ3) is 4.09. The predicted octanol–water partition coefficient (Wildman–Crippen LogP) is 9.66. The molecule has 0 radical (unpaired) electrons. The molecule has 0 saturated heterocycles. The van der Waals surface area contributed by atoms with Gasteiger partial charge in [-0.2, -0.15) is 0 Å². The number of allylic oxidation sites excluding steroid dienone is 3. The fraction of sp³-hybridized carbons (Fsp3) is 0.0556. The highest BCUT2D eigenvalue weighted by Gasteiger charge is 2.17. The molecule has 6 aromatic rings. The number of hydrogen-bond donors (Lipinski definition) is 1. The zero-order chi connectivity index (χ0) is 25.4. The van der Waals surface area contributed by atoms with E-state index in [1.54, 1.807) is 6.20 Å². The molecule has 0 aliphatic carbocycles. The van der Waals surface area contributed by atoms with Crippen LogP contribution in [0.1, 0.15) is 18.1 Å². The molecule has 178 valence electrons. The van der Waals surface area contributed by atoms with Crippen molar-refractivity contribution < 1.29 is 0 Å². The fourth-order valence-corrected chi connectivity index (χ4v) is 5.49. The average molecular weight is 476 g/mol. The minimum absolute atomic E-state index is 1.18. The van der Waals surface area contributed by atoms with Gasteiger partial charge < -0.3 is 5.73 Å². The maximum absolute atomic E-state index is 5.58. The van der Waals surface area contributed by atoms with E-state index in [9.17, 15) is 0 Å². The number of aryl methyl sites for hydroxylation is 1. The third-order valence-corrected chi connectivity index (χ3v) is 7.28. The Morgan fingerprint density at radius 3 is 1.81 bits per heavy atom. The van der Waals surface area contributed by atoms with E-state index in [-0.39, 0.29) is 0 Å². The second-order valence-corrected chi connectivity index (χ2v) is 9.72. The topological polar surface area (TPSA) is 26.0 Å². The molecule has 0 amide bonds. The summed E-state index contributed by atoms with van der Waals surface area (Å²) in [5, 5.41) is 7.61. The van der Waals surface area contributed by atoms with Gasteiger partial charge in [0.2, 0.25) is 0 Å². The van der Waals surface area contributed by atoms with Gasteiger partial charge in [-0.1, -0.05) is 109 Å². The summed E-state index contributed by atoms with van der Waals surface area (Å²) in [6.45, 7) is 4.28. The van der Waals surface area contributed by atoms with Crippen molar-refractivity contribution in [3.05, 3.63) is 139 Å². The standard InChI is InChI=1S/C36H29N/c1-24-16-17-26-18-19-29(23-30(26)21-24)36-33-14-5-3-12-31(33)35(32-13-4-6-15-34(32)36)28-11-7-10-27(22-28)25(2)9-8-20-37/h3-23H,37H2,1-2H3/b20-8-,25-9+. The summed E-state index contributed by atoms with van der Waals surface area (Å²) in [6.07, 6.45) is 5.51. The van der Waals surface area contributed by atoms with E-state index in [0.717, 1.165) is 0 Å². The van der Waals surface area contributed by atoms with Crippen molar-refractivity contribution in [2.75, 3.05) is 0 Å². The highest BCUT2D eigenvalue weighted by atomic mass is 14.5. The maximum Gasteiger partial charge on any atom is -0.00262 e. The van der Waals surface area contributed by atoms with Gasteiger partial charge in [0.05, 0.1) is 0 Å². The molecule has 0 atom stereocenters. The van der Waals surface area contributed by atoms with Crippen LogP contribution >= 0.6 is 0 Å². The van der Waals surface area contributed by atoms with Gasteiger partial charge in [-0.25, -0.2) is 0 Å². The van der Waals surface area contributed by atoms with Crippen LogP contribution in [0.3, 0.4) is 0 Å². The van der Waals surface area contributed by atoms with E-state index < -0.39 is 0 Å². The van der Waals surface area contributed by atoms with E-state index in [4.69, 9.17) is 5.73 Å². The molecule has 6 aromatic carbocycles. The van der Waals surface area contributed by atoms with Gasteiger partial charge in [-0.15, -0.1) is 0 Å². The van der Waals surface area contributed by atoms with E-state index in [1.807, 2.05) is 6.08 Å². The Labute approximate surface area is 218 Å². The molecule has 0 aromatic heterocycles. The van der Waals surface area contributed by atoms with E-state index in [1.165, 1.54) is 71.3 Å². The zero-order valence-corrected chi connectivity index (χ0v) is 21.2. The van der Waals surface area contributed by atoms with Gasteiger partial charge in [0.1, 0.15) is 0 Å². The molecule has 2 N–H and O–H groups in total. The first-order valence-electron chi connectivity index (χ1n) is 12.7. The molecule has 0 fully saturated rings. The van der Waals surface area contributed by atoms with Crippen LogP contribution in [0.2, 0.25) is 0 Å². The molecule has 0 unspecified atom stereocenters. The number of fused-ring (bicyclic) bond motifs is 3. The lowest BCUT2D eigenvalue weighted by atomic mass is 9.85. The molecular formula is C36H29N. The molecule has 37 heavy (non-hydrogen) atoms. The molecule has 0 spiro atoms. The van der Waals surface area contributed by atoms with Crippen molar-refractivity contribution in [2.24, 2.45) is 5.73 Å². The van der Waals surface area contributed by atoms with Crippen LogP contribution in [0.25, 0.3) is 60.1 Å². The van der Waals surface area contributed by atoms with Gasteiger partial charge >= 0.3 is 0 Å². The third-order valence-electron chi connectivity index (χ3n) is 7.28. The van der Waals surface area contributed by atoms with E-state index >= 15 is 0 Å². The van der Waals surface area contributed by atoms with Gasteiger partial charge in [0, 0.05) is 0 Å². The SMILES string of the molecule is C/C(=C\C=C/N)c1cccc(-c2c3ccccc3c(-c3ccc4ccc(C)cc4c3)c3ccccc23)c1. The second kappa shape index (κ2) is 9.44. The summed E-state index contributed by atoms with van der Waals surface area (Å²) >= 11 is 0. The van der Waals surface area contributed by atoms with Crippen LogP contribution in [-0.4, -0.2) is 0 Å². The van der Waals surface area contributed by atoms with Gasteiger partial charge in [0.15, 0.2) is 0 Å². The summed E-state index contributed by atoms with van der Waals surface area (Å²) in [5.41, 5.74) is 14.3. The molecule has 0 bridgehead atoms. The number of benzene rings is 6. The molecule has 1 nitrogen and oxygen atoms in total. The molecule has 0 saturated carbocycles. The molecule has 6 rings (SSSR count). The minimum Gasteiger partial charge on any atom is -0.405 e. The second-order valence-electron chi connectivity index (χ2n) is 9.72. The van der Waals surface area contributed by atoms with Gasteiger partial charge in [0.25, 0.3) is 0 Å². The largest absolute Gasteiger partial charge is 0.405 e. The molecule has 0 aliphatic rings. The van der Waals surface area contributed by atoms with Crippen LogP contribution in [-0.2, 0) is 0 Å². The van der Waals surface area contributed by atoms with Crippen molar-refractivity contribution in [3.8, 4) is 22.3 Å². The van der Waals surface area contributed by atoms with Crippen LogP contribution in [0.5, 0.6) is 0 Å². The Morgan fingerprint density at radius 2 is 1.19 bits per heavy atom. The Kier molecular flexibility index (Phi) is 5.82. The molecule has 0 aliphatic heterocycles. The summed E-state index contributed by atoms with van der Waals surface area (Å²) in [7, 11) is 0. The predicted molar refractivity (Wildman–Crippen MR) is 162 cm³/mol. The number of nitrogens with two attached hydrogens (primary N) is 1. The van der Waals surface area contributed by atoms with Gasteiger partial charge in [-0.3, -0.25) is 0 Å². The van der Waals surface area contributed by atoms with E-state index in [0.29, 0.717) is 0 Å². The summed E-state index contributed by atoms with van der Waals surface area (Å²) in [6, 6.07) is 40.0. The van der Waals surface area contributed by atoms with Crippen LogP contribution < -0.4 is 5.73 Å². The van der Waals surface area contributed by atoms with Gasteiger partial charge in [-0.05, 0) is 104 Å². The van der Waals surface area contributed by atoms with Crippen molar-refractivity contribution in [1.29, 1.82) is 0 Å². The summed E-state index contributed by atoms with van der Waals surface area (Å²) in [4.78, 5) is 0. The molecular weight excluding hydrogens is 446 g/mol. The average Bonchev–Trinajstić information content (AvgIpc) is 2.94. The highest BCUT2D eigenvalue weighted by Crippen LogP contribution is 2.44. The van der Waals surface area contributed by atoms with Crippen molar-refractivity contribution in [2.45, 2.75) is 13.8 Å². The quantitative estimate of drug-likeness (QED) is 0.199. The fourth-order valence-electron chi connectivity index (χ4n) is 5.49. The van der Waals surface area contributed by atoms with Crippen LogP contribution in [0, 0.1) is 6.92 Å². The maximum atomic E-state index is 5.58. The molecule has 0 heterocycles. The Bertz CT molecular complexity index is 1800. The van der Waals surface area contributed by atoms with Crippen molar-refractivity contribution in [1.82, 2.24) is 0 Å². The first-order valence-corrected chi connectivity index (χ1v) is 12.7. The number of rotatable bonds is 4.